The number of rotatable bonds is 8. The maximum absolute atomic E-state index is 12.4. The van der Waals surface area contributed by atoms with Crippen LogP contribution in [-0.2, 0) is 0 Å². The van der Waals surface area contributed by atoms with Crippen LogP contribution in [0.15, 0.2) is 36.4 Å². The van der Waals surface area contributed by atoms with E-state index < -0.39 is 0 Å². The molecule has 0 atom stereocenters. The molecular formula is C19H24N4O. The van der Waals surface area contributed by atoms with Crippen molar-refractivity contribution in [3.63, 3.8) is 0 Å². The normalized spacial score (nSPS) is 13.5. The van der Waals surface area contributed by atoms with Gasteiger partial charge in [0.25, 0.3) is 5.91 Å². The van der Waals surface area contributed by atoms with Crippen LogP contribution in [0.5, 0.6) is 0 Å². The van der Waals surface area contributed by atoms with E-state index in [0.29, 0.717) is 23.4 Å². The van der Waals surface area contributed by atoms with E-state index in [4.69, 9.17) is 0 Å². The number of carbonyl (C=O) groups excluding carboxylic acids is 1. The molecule has 1 amide bonds. The fourth-order valence-electron chi connectivity index (χ4n) is 2.45. The van der Waals surface area contributed by atoms with E-state index in [1.54, 1.807) is 6.07 Å². The van der Waals surface area contributed by atoms with Crippen molar-refractivity contribution in [3.05, 3.63) is 42.1 Å². The zero-order valence-corrected chi connectivity index (χ0v) is 14.1. The Kier molecular flexibility index (Phi) is 5.41. The summed E-state index contributed by atoms with van der Waals surface area (Å²) in [6.45, 7) is 3.03. The zero-order valence-electron chi connectivity index (χ0n) is 14.1. The highest BCUT2D eigenvalue weighted by Crippen LogP contribution is 2.21. The van der Waals surface area contributed by atoms with Crippen LogP contribution in [0, 0.1) is 0 Å². The third kappa shape index (κ3) is 4.54. The van der Waals surface area contributed by atoms with Crippen LogP contribution >= 0.6 is 0 Å². The van der Waals surface area contributed by atoms with Gasteiger partial charge < -0.3 is 10.6 Å². The van der Waals surface area contributed by atoms with E-state index in [9.17, 15) is 4.79 Å². The van der Waals surface area contributed by atoms with E-state index in [1.807, 2.05) is 30.3 Å². The summed E-state index contributed by atoms with van der Waals surface area (Å²) in [4.78, 5) is 21.4. The van der Waals surface area contributed by atoms with Crippen LogP contribution in [0.25, 0.3) is 11.4 Å². The summed E-state index contributed by atoms with van der Waals surface area (Å²) in [6.07, 6.45) is 5.56. The number of nitrogens with one attached hydrogen (secondary N) is 2. The van der Waals surface area contributed by atoms with Crippen LogP contribution in [0.1, 0.15) is 49.5 Å². The van der Waals surface area contributed by atoms with Crippen LogP contribution in [0.3, 0.4) is 0 Å². The molecule has 1 aromatic carbocycles. The summed E-state index contributed by atoms with van der Waals surface area (Å²) in [5.74, 6) is 1.17. The van der Waals surface area contributed by atoms with E-state index >= 15 is 0 Å². The summed E-state index contributed by atoms with van der Waals surface area (Å²) in [7, 11) is 0. The Labute approximate surface area is 142 Å². The second-order valence-corrected chi connectivity index (χ2v) is 6.21. The van der Waals surface area contributed by atoms with Gasteiger partial charge in [-0.15, -0.1) is 0 Å². The second kappa shape index (κ2) is 7.90. The molecule has 0 radical (unpaired) electrons. The molecule has 1 aliphatic rings. The lowest BCUT2D eigenvalue weighted by atomic mass is 10.2. The number of hydrogen-bond donors (Lipinski definition) is 2. The van der Waals surface area contributed by atoms with Gasteiger partial charge in [0.05, 0.1) is 0 Å². The van der Waals surface area contributed by atoms with Crippen molar-refractivity contribution in [1.29, 1.82) is 0 Å². The molecule has 126 valence electrons. The van der Waals surface area contributed by atoms with Crippen LogP contribution in [-0.4, -0.2) is 28.5 Å². The summed E-state index contributed by atoms with van der Waals surface area (Å²) < 4.78 is 0. The lowest BCUT2D eigenvalue weighted by Gasteiger charge is -2.10. The molecule has 3 rings (SSSR count). The SMILES string of the molecule is CCCCCNc1cc(C(=O)NC2CC2)nc(-c2ccccc2)n1. The summed E-state index contributed by atoms with van der Waals surface area (Å²) in [6, 6.07) is 11.8. The average Bonchev–Trinajstić information content (AvgIpc) is 3.43. The molecule has 5 heteroatoms. The van der Waals surface area contributed by atoms with E-state index in [0.717, 1.165) is 31.4 Å². The first-order valence-corrected chi connectivity index (χ1v) is 8.75. The standard InChI is InChI=1S/C19H24N4O/c1-2-3-7-12-20-17-13-16(19(24)21-15-10-11-15)22-18(23-17)14-8-5-4-6-9-14/h4-6,8-9,13,15H,2-3,7,10-12H2,1H3,(H,21,24)(H,20,22,23). The topological polar surface area (TPSA) is 66.9 Å². The molecular weight excluding hydrogens is 300 g/mol. The molecule has 0 unspecified atom stereocenters. The molecule has 1 saturated carbocycles. The van der Waals surface area contributed by atoms with Crippen molar-refractivity contribution in [3.8, 4) is 11.4 Å². The largest absolute Gasteiger partial charge is 0.370 e. The molecule has 0 aliphatic heterocycles. The Morgan fingerprint density at radius 3 is 2.67 bits per heavy atom. The van der Waals surface area contributed by atoms with Gasteiger partial charge in [-0.3, -0.25) is 4.79 Å². The highest BCUT2D eigenvalue weighted by atomic mass is 16.2. The van der Waals surface area contributed by atoms with E-state index in [2.05, 4.69) is 27.5 Å². The molecule has 1 aromatic heterocycles. The maximum atomic E-state index is 12.4. The molecule has 5 nitrogen and oxygen atoms in total. The van der Waals surface area contributed by atoms with E-state index in [-0.39, 0.29) is 5.91 Å². The summed E-state index contributed by atoms with van der Waals surface area (Å²) >= 11 is 0. The highest BCUT2D eigenvalue weighted by molar-refractivity contribution is 5.93. The molecule has 0 spiro atoms. The molecule has 24 heavy (non-hydrogen) atoms. The van der Waals surface area contributed by atoms with E-state index in [1.165, 1.54) is 12.8 Å². The summed E-state index contributed by atoms with van der Waals surface area (Å²) in [5.41, 5.74) is 1.34. The van der Waals surface area contributed by atoms with Crippen molar-refractivity contribution < 1.29 is 4.79 Å². The van der Waals surface area contributed by atoms with Crippen LogP contribution < -0.4 is 10.6 Å². The van der Waals surface area contributed by atoms with Crippen LogP contribution in [0.2, 0.25) is 0 Å². The van der Waals surface area contributed by atoms with Crippen molar-refractivity contribution >= 4 is 11.7 Å². The molecule has 2 aromatic rings. The number of amides is 1. The number of anilines is 1. The van der Waals surface area contributed by atoms with Crippen molar-refractivity contribution in [2.75, 3.05) is 11.9 Å². The maximum Gasteiger partial charge on any atom is 0.270 e. The Bertz CT molecular complexity index is 683. The first-order chi connectivity index (χ1) is 11.8. The Morgan fingerprint density at radius 1 is 1.17 bits per heavy atom. The Hall–Kier alpha value is -2.43. The van der Waals surface area contributed by atoms with Gasteiger partial charge in [0, 0.05) is 24.2 Å². The molecule has 0 saturated heterocycles. The van der Waals surface area contributed by atoms with Gasteiger partial charge in [-0.05, 0) is 19.3 Å². The minimum absolute atomic E-state index is 0.117. The molecule has 1 aliphatic carbocycles. The van der Waals surface area contributed by atoms with Gasteiger partial charge in [-0.25, -0.2) is 9.97 Å². The number of carbonyl (C=O) groups is 1. The van der Waals surface area contributed by atoms with Gasteiger partial charge >= 0.3 is 0 Å². The van der Waals surface area contributed by atoms with Gasteiger partial charge in [-0.2, -0.15) is 0 Å². The number of aromatic nitrogens is 2. The number of unbranched alkanes of at least 4 members (excludes halogenated alkanes) is 2. The summed E-state index contributed by atoms with van der Waals surface area (Å²) in [5, 5.41) is 6.32. The van der Waals surface area contributed by atoms with Gasteiger partial charge in [0.2, 0.25) is 0 Å². The first-order valence-electron chi connectivity index (χ1n) is 8.75. The average molecular weight is 324 g/mol. The predicted molar refractivity (Wildman–Crippen MR) is 96.0 cm³/mol. The zero-order chi connectivity index (χ0) is 16.8. The lowest BCUT2D eigenvalue weighted by molar-refractivity contribution is 0.0946. The fourth-order valence-corrected chi connectivity index (χ4v) is 2.45. The highest BCUT2D eigenvalue weighted by Gasteiger charge is 2.25. The molecule has 1 heterocycles. The third-order valence-corrected chi connectivity index (χ3v) is 3.99. The van der Waals surface area contributed by atoms with Crippen molar-refractivity contribution in [2.45, 2.75) is 45.1 Å². The smallest absolute Gasteiger partial charge is 0.270 e. The molecule has 2 N–H and O–H groups in total. The van der Waals surface area contributed by atoms with Crippen molar-refractivity contribution in [1.82, 2.24) is 15.3 Å². The quantitative estimate of drug-likeness (QED) is 0.728. The minimum atomic E-state index is -0.117. The lowest BCUT2D eigenvalue weighted by Crippen LogP contribution is -2.26. The monoisotopic (exact) mass is 324 g/mol. The first kappa shape index (κ1) is 16.4. The van der Waals surface area contributed by atoms with Gasteiger partial charge in [0.1, 0.15) is 11.5 Å². The predicted octanol–water partition coefficient (Wildman–Crippen LogP) is 3.64. The third-order valence-electron chi connectivity index (χ3n) is 3.99. The Morgan fingerprint density at radius 2 is 1.96 bits per heavy atom. The van der Waals surface area contributed by atoms with Gasteiger partial charge in [0.15, 0.2) is 5.82 Å². The number of hydrogen-bond acceptors (Lipinski definition) is 4. The minimum Gasteiger partial charge on any atom is -0.370 e. The van der Waals surface area contributed by atoms with Crippen LogP contribution in [0.4, 0.5) is 5.82 Å². The van der Waals surface area contributed by atoms with Gasteiger partial charge in [-0.1, -0.05) is 50.1 Å². The molecule has 1 fully saturated rings. The number of benzene rings is 1. The Balaban J connectivity index is 1.82. The van der Waals surface area contributed by atoms with Crippen molar-refractivity contribution in [2.24, 2.45) is 0 Å². The molecule has 0 bridgehead atoms. The second-order valence-electron chi connectivity index (χ2n) is 6.21. The number of nitrogens with zero attached hydrogens (tertiary/aromatic N) is 2. The fraction of sp³-hybridized carbons (Fsp3) is 0.421.